The standard InChI is InChI=1S/C15H19N3O/c16-13-10-6-5-9-12(13)15-17-14(18-19-15)11-7-3-1-2-4-8-11/h5-6,9-11H,1-4,7-8,16H2. The molecule has 0 saturated heterocycles. The number of aromatic nitrogens is 2. The lowest BCUT2D eigenvalue weighted by atomic mass is 10.00. The van der Waals surface area contributed by atoms with Gasteiger partial charge in [0.05, 0.1) is 5.56 Å². The van der Waals surface area contributed by atoms with Crippen molar-refractivity contribution in [2.24, 2.45) is 0 Å². The number of rotatable bonds is 2. The number of hydrogen-bond acceptors (Lipinski definition) is 4. The van der Waals surface area contributed by atoms with E-state index >= 15 is 0 Å². The summed E-state index contributed by atoms with van der Waals surface area (Å²) in [7, 11) is 0. The molecule has 1 aliphatic rings. The zero-order chi connectivity index (χ0) is 13.1. The Kier molecular flexibility index (Phi) is 3.49. The first-order chi connectivity index (χ1) is 9.34. The van der Waals surface area contributed by atoms with Crippen LogP contribution in [0, 0.1) is 0 Å². The summed E-state index contributed by atoms with van der Waals surface area (Å²) in [6.07, 6.45) is 7.52. The topological polar surface area (TPSA) is 64.9 Å². The molecule has 1 saturated carbocycles. The summed E-state index contributed by atoms with van der Waals surface area (Å²) < 4.78 is 5.38. The zero-order valence-corrected chi connectivity index (χ0v) is 11.0. The largest absolute Gasteiger partial charge is 0.398 e. The summed E-state index contributed by atoms with van der Waals surface area (Å²) in [6, 6.07) is 7.60. The van der Waals surface area contributed by atoms with E-state index in [0.717, 1.165) is 11.4 Å². The molecule has 4 heteroatoms. The molecule has 100 valence electrons. The molecule has 0 amide bonds. The van der Waals surface area contributed by atoms with E-state index in [4.69, 9.17) is 10.3 Å². The number of nitrogen functional groups attached to an aromatic ring is 1. The van der Waals surface area contributed by atoms with Crippen LogP contribution >= 0.6 is 0 Å². The summed E-state index contributed by atoms with van der Waals surface area (Å²) in [5.74, 6) is 1.84. The predicted molar refractivity (Wildman–Crippen MR) is 74.6 cm³/mol. The Hall–Kier alpha value is -1.84. The maximum Gasteiger partial charge on any atom is 0.260 e. The smallest absolute Gasteiger partial charge is 0.260 e. The lowest BCUT2D eigenvalue weighted by molar-refractivity contribution is 0.410. The summed E-state index contributed by atoms with van der Waals surface area (Å²) in [5, 5.41) is 4.16. The minimum absolute atomic E-state index is 0.449. The third-order valence-electron chi connectivity index (χ3n) is 3.85. The van der Waals surface area contributed by atoms with Crippen LogP contribution in [0.15, 0.2) is 28.8 Å². The second-order valence-electron chi connectivity index (χ2n) is 5.23. The third kappa shape index (κ3) is 2.62. The molecule has 0 aliphatic heterocycles. The van der Waals surface area contributed by atoms with Gasteiger partial charge in [0, 0.05) is 11.6 Å². The molecule has 2 aromatic rings. The fraction of sp³-hybridized carbons (Fsp3) is 0.467. The van der Waals surface area contributed by atoms with E-state index in [-0.39, 0.29) is 0 Å². The van der Waals surface area contributed by atoms with Gasteiger partial charge in [-0.3, -0.25) is 0 Å². The van der Waals surface area contributed by atoms with Crippen LogP contribution in [0.25, 0.3) is 11.5 Å². The van der Waals surface area contributed by atoms with E-state index < -0.39 is 0 Å². The van der Waals surface area contributed by atoms with Crippen LogP contribution in [-0.2, 0) is 0 Å². The Labute approximate surface area is 113 Å². The molecule has 4 nitrogen and oxygen atoms in total. The van der Waals surface area contributed by atoms with Gasteiger partial charge in [-0.1, -0.05) is 43.0 Å². The van der Waals surface area contributed by atoms with Crippen molar-refractivity contribution in [3.63, 3.8) is 0 Å². The minimum atomic E-state index is 0.449. The van der Waals surface area contributed by atoms with Gasteiger partial charge in [-0.15, -0.1) is 0 Å². The number of para-hydroxylation sites is 1. The summed E-state index contributed by atoms with van der Waals surface area (Å²) >= 11 is 0. The Morgan fingerprint density at radius 1 is 1.05 bits per heavy atom. The van der Waals surface area contributed by atoms with E-state index in [1.165, 1.54) is 38.5 Å². The van der Waals surface area contributed by atoms with E-state index in [2.05, 4.69) is 10.1 Å². The van der Waals surface area contributed by atoms with Gasteiger partial charge in [0.1, 0.15) is 0 Å². The third-order valence-corrected chi connectivity index (χ3v) is 3.85. The molecule has 1 heterocycles. The summed E-state index contributed by atoms with van der Waals surface area (Å²) in [4.78, 5) is 4.55. The van der Waals surface area contributed by atoms with Crippen LogP contribution in [0.5, 0.6) is 0 Å². The quantitative estimate of drug-likeness (QED) is 0.657. The van der Waals surface area contributed by atoms with E-state index in [9.17, 15) is 0 Å². The summed E-state index contributed by atoms with van der Waals surface area (Å²) in [5.41, 5.74) is 7.45. The molecule has 0 atom stereocenters. The van der Waals surface area contributed by atoms with Crippen LogP contribution in [0.2, 0.25) is 0 Å². The highest BCUT2D eigenvalue weighted by atomic mass is 16.5. The number of nitrogens with two attached hydrogens (primary N) is 1. The second-order valence-corrected chi connectivity index (χ2v) is 5.23. The van der Waals surface area contributed by atoms with Gasteiger partial charge in [0.25, 0.3) is 5.89 Å². The molecule has 2 N–H and O–H groups in total. The first-order valence-electron chi connectivity index (χ1n) is 7.03. The number of benzene rings is 1. The van der Waals surface area contributed by atoms with Crippen molar-refractivity contribution in [3.05, 3.63) is 30.1 Å². The highest BCUT2D eigenvalue weighted by Gasteiger charge is 2.20. The molecule has 3 rings (SSSR count). The maximum atomic E-state index is 5.94. The highest BCUT2D eigenvalue weighted by molar-refractivity contribution is 5.69. The first kappa shape index (κ1) is 12.2. The summed E-state index contributed by atoms with van der Waals surface area (Å²) in [6.45, 7) is 0. The first-order valence-corrected chi connectivity index (χ1v) is 7.03. The van der Waals surface area contributed by atoms with Gasteiger partial charge in [0.15, 0.2) is 5.82 Å². The molecule has 19 heavy (non-hydrogen) atoms. The maximum absolute atomic E-state index is 5.94. The lowest BCUT2D eigenvalue weighted by Crippen LogP contribution is -1.99. The Bertz CT molecular complexity index is 542. The van der Waals surface area contributed by atoms with E-state index in [0.29, 0.717) is 17.5 Å². The van der Waals surface area contributed by atoms with E-state index in [1.807, 2.05) is 24.3 Å². The van der Waals surface area contributed by atoms with Gasteiger partial charge >= 0.3 is 0 Å². The fourth-order valence-electron chi connectivity index (χ4n) is 2.74. The van der Waals surface area contributed by atoms with Gasteiger partial charge in [-0.25, -0.2) is 0 Å². The average Bonchev–Trinajstić information content (AvgIpc) is 2.75. The molecule has 1 aliphatic carbocycles. The Balaban J connectivity index is 1.85. The number of nitrogens with zero attached hydrogens (tertiary/aromatic N) is 2. The average molecular weight is 257 g/mol. The van der Waals surface area contributed by atoms with Crippen molar-refractivity contribution in [2.45, 2.75) is 44.4 Å². The van der Waals surface area contributed by atoms with Crippen molar-refractivity contribution >= 4 is 5.69 Å². The normalized spacial score (nSPS) is 17.3. The molecule has 1 aromatic heterocycles. The van der Waals surface area contributed by atoms with Crippen molar-refractivity contribution in [3.8, 4) is 11.5 Å². The second kappa shape index (κ2) is 5.43. The Morgan fingerprint density at radius 3 is 2.53 bits per heavy atom. The molecule has 0 unspecified atom stereocenters. The van der Waals surface area contributed by atoms with Crippen LogP contribution < -0.4 is 5.73 Å². The molecule has 0 radical (unpaired) electrons. The van der Waals surface area contributed by atoms with Crippen molar-refractivity contribution in [2.75, 3.05) is 5.73 Å². The van der Waals surface area contributed by atoms with Crippen LogP contribution in [0.1, 0.15) is 50.3 Å². The molecule has 0 spiro atoms. The number of hydrogen-bond donors (Lipinski definition) is 1. The fourth-order valence-corrected chi connectivity index (χ4v) is 2.74. The monoisotopic (exact) mass is 257 g/mol. The van der Waals surface area contributed by atoms with Crippen LogP contribution in [0.4, 0.5) is 5.69 Å². The van der Waals surface area contributed by atoms with Gasteiger partial charge < -0.3 is 10.3 Å². The van der Waals surface area contributed by atoms with Crippen LogP contribution in [-0.4, -0.2) is 10.1 Å². The molecule has 0 bridgehead atoms. The van der Waals surface area contributed by atoms with Crippen molar-refractivity contribution < 1.29 is 4.52 Å². The van der Waals surface area contributed by atoms with Gasteiger partial charge in [-0.2, -0.15) is 4.98 Å². The van der Waals surface area contributed by atoms with Gasteiger partial charge in [0.2, 0.25) is 0 Å². The SMILES string of the molecule is Nc1ccccc1-c1nc(C2CCCCCC2)no1. The lowest BCUT2D eigenvalue weighted by Gasteiger charge is -2.07. The molecular weight excluding hydrogens is 238 g/mol. The predicted octanol–water partition coefficient (Wildman–Crippen LogP) is 3.76. The highest BCUT2D eigenvalue weighted by Crippen LogP contribution is 2.32. The Morgan fingerprint density at radius 2 is 1.79 bits per heavy atom. The molecular formula is C15H19N3O. The molecule has 1 aromatic carbocycles. The van der Waals surface area contributed by atoms with Crippen molar-refractivity contribution in [1.82, 2.24) is 10.1 Å². The number of anilines is 1. The molecule has 1 fully saturated rings. The van der Waals surface area contributed by atoms with Crippen LogP contribution in [0.3, 0.4) is 0 Å². The zero-order valence-electron chi connectivity index (χ0n) is 11.0. The van der Waals surface area contributed by atoms with E-state index in [1.54, 1.807) is 0 Å². The van der Waals surface area contributed by atoms with Crippen molar-refractivity contribution in [1.29, 1.82) is 0 Å². The minimum Gasteiger partial charge on any atom is -0.398 e. The van der Waals surface area contributed by atoms with Gasteiger partial charge in [-0.05, 0) is 25.0 Å².